The monoisotopic (exact) mass is 346 g/mol. The van der Waals surface area contributed by atoms with Gasteiger partial charge in [-0.3, -0.25) is 9.59 Å². The van der Waals surface area contributed by atoms with Gasteiger partial charge >= 0.3 is 11.8 Å². The van der Waals surface area contributed by atoms with Gasteiger partial charge in [0.1, 0.15) is 5.82 Å². The summed E-state index contributed by atoms with van der Waals surface area (Å²) in [6.45, 7) is 4.26. The van der Waals surface area contributed by atoms with E-state index in [9.17, 15) is 14.0 Å². The van der Waals surface area contributed by atoms with Crippen LogP contribution in [-0.4, -0.2) is 39.9 Å². The van der Waals surface area contributed by atoms with E-state index in [-0.39, 0.29) is 11.6 Å². The number of anilines is 1. The number of piperidine rings is 1. The third-order valence-corrected chi connectivity index (χ3v) is 4.17. The number of aryl methyl sites for hydroxylation is 2. The first-order valence-corrected chi connectivity index (χ1v) is 8.10. The van der Waals surface area contributed by atoms with Crippen LogP contribution in [0, 0.1) is 19.7 Å². The van der Waals surface area contributed by atoms with Crippen molar-refractivity contribution in [1.82, 2.24) is 15.0 Å². The van der Waals surface area contributed by atoms with Crippen LogP contribution in [0.1, 0.15) is 36.0 Å². The highest BCUT2D eigenvalue weighted by Gasteiger charge is 2.31. The van der Waals surface area contributed by atoms with Gasteiger partial charge in [0.25, 0.3) is 0 Å². The number of nitrogens with one attached hydrogen (secondary N) is 1. The summed E-state index contributed by atoms with van der Waals surface area (Å²) in [6.07, 6.45) is 1.53. The minimum atomic E-state index is -0.856. The molecule has 2 heterocycles. The van der Waals surface area contributed by atoms with E-state index in [4.69, 9.17) is 4.52 Å². The lowest BCUT2D eigenvalue weighted by atomic mass is 9.98. The lowest BCUT2D eigenvalue weighted by Gasteiger charge is -2.30. The van der Waals surface area contributed by atoms with E-state index in [0.717, 1.165) is 18.4 Å². The van der Waals surface area contributed by atoms with Gasteiger partial charge in [0, 0.05) is 13.1 Å². The fourth-order valence-electron chi connectivity index (χ4n) is 2.88. The van der Waals surface area contributed by atoms with E-state index < -0.39 is 17.6 Å². The molecule has 8 heteroatoms. The van der Waals surface area contributed by atoms with Crippen LogP contribution in [-0.2, 0) is 9.59 Å². The van der Waals surface area contributed by atoms with Crippen molar-refractivity contribution in [1.29, 1.82) is 0 Å². The van der Waals surface area contributed by atoms with Crippen LogP contribution in [0.2, 0.25) is 0 Å². The van der Waals surface area contributed by atoms with Crippen molar-refractivity contribution >= 4 is 17.5 Å². The number of nitrogens with zero attached hydrogens (tertiary/aromatic N) is 3. The number of carbonyl (C=O) groups is 2. The first-order chi connectivity index (χ1) is 11.9. The normalized spacial score (nSPS) is 17.4. The Kier molecular flexibility index (Phi) is 4.78. The van der Waals surface area contributed by atoms with Crippen LogP contribution in [0.15, 0.2) is 22.7 Å². The van der Waals surface area contributed by atoms with Crippen LogP contribution in [0.3, 0.4) is 0 Å². The molecule has 0 bridgehead atoms. The van der Waals surface area contributed by atoms with Crippen molar-refractivity contribution < 1.29 is 18.5 Å². The maximum absolute atomic E-state index is 13.8. The molecule has 1 aliphatic heterocycles. The fourth-order valence-corrected chi connectivity index (χ4v) is 2.88. The summed E-state index contributed by atoms with van der Waals surface area (Å²) < 4.78 is 19.0. The number of aromatic nitrogens is 2. The zero-order valence-electron chi connectivity index (χ0n) is 14.1. The van der Waals surface area contributed by atoms with Crippen LogP contribution < -0.4 is 5.32 Å². The molecule has 0 radical (unpaired) electrons. The molecule has 0 spiro atoms. The van der Waals surface area contributed by atoms with E-state index in [1.807, 2.05) is 0 Å². The second-order valence-electron chi connectivity index (χ2n) is 6.21. The summed E-state index contributed by atoms with van der Waals surface area (Å²) in [5.74, 6) is -1.21. The minimum Gasteiger partial charge on any atom is -0.339 e. The molecule has 1 saturated heterocycles. The smallest absolute Gasteiger partial charge is 0.313 e. The SMILES string of the molecule is Cc1ccc(NC(=O)C(=O)N2CCCC(c3nc(C)no3)C2)c(F)c1. The molecule has 1 atom stereocenters. The lowest BCUT2D eigenvalue weighted by molar-refractivity contribution is -0.144. The maximum atomic E-state index is 13.8. The van der Waals surface area contributed by atoms with Gasteiger partial charge in [0.2, 0.25) is 5.89 Å². The van der Waals surface area contributed by atoms with E-state index in [1.54, 1.807) is 19.9 Å². The lowest BCUT2D eigenvalue weighted by Crippen LogP contribution is -2.44. The summed E-state index contributed by atoms with van der Waals surface area (Å²) in [5, 5.41) is 6.10. The fraction of sp³-hybridized carbons (Fsp3) is 0.412. The highest BCUT2D eigenvalue weighted by atomic mass is 19.1. The van der Waals surface area contributed by atoms with Crippen molar-refractivity contribution in [2.45, 2.75) is 32.6 Å². The molecule has 7 nitrogen and oxygen atoms in total. The summed E-state index contributed by atoms with van der Waals surface area (Å²) in [4.78, 5) is 30.2. The van der Waals surface area contributed by atoms with Crippen LogP contribution in [0.25, 0.3) is 0 Å². The molecule has 1 unspecified atom stereocenters. The average Bonchev–Trinajstić information content (AvgIpc) is 3.03. The summed E-state index contributed by atoms with van der Waals surface area (Å²) in [5.41, 5.74) is 0.723. The largest absolute Gasteiger partial charge is 0.339 e. The van der Waals surface area contributed by atoms with Crippen LogP contribution >= 0.6 is 0 Å². The number of halogens is 1. The van der Waals surface area contributed by atoms with Crippen molar-refractivity contribution in [3.05, 3.63) is 41.3 Å². The third kappa shape index (κ3) is 3.84. The number of carbonyl (C=O) groups excluding carboxylic acids is 2. The van der Waals surface area contributed by atoms with Gasteiger partial charge in [0.05, 0.1) is 11.6 Å². The van der Waals surface area contributed by atoms with Gasteiger partial charge in [-0.1, -0.05) is 11.2 Å². The van der Waals surface area contributed by atoms with Gasteiger partial charge in [-0.25, -0.2) is 4.39 Å². The molecule has 132 valence electrons. The number of rotatable bonds is 2. The molecule has 0 saturated carbocycles. The molecular formula is C17H19FN4O3. The van der Waals surface area contributed by atoms with Crippen molar-refractivity contribution in [2.24, 2.45) is 0 Å². The van der Waals surface area contributed by atoms with E-state index >= 15 is 0 Å². The average molecular weight is 346 g/mol. The van der Waals surface area contributed by atoms with Crippen molar-refractivity contribution in [3.8, 4) is 0 Å². The molecule has 2 amide bonds. The Morgan fingerprint density at radius 1 is 1.36 bits per heavy atom. The number of hydrogen-bond donors (Lipinski definition) is 1. The molecule has 1 N–H and O–H groups in total. The topological polar surface area (TPSA) is 88.3 Å². The highest BCUT2D eigenvalue weighted by Crippen LogP contribution is 2.26. The number of hydrogen-bond acceptors (Lipinski definition) is 5. The second-order valence-corrected chi connectivity index (χ2v) is 6.21. The zero-order chi connectivity index (χ0) is 18.0. The molecule has 3 rings (SSSR count). The van der Waals surface area contributed by atoms with E-state index in [0.29, 0.717) is 24.8 Å². The Hall–Kier alpha value is -2.77. The Morgan fingerprint density at radius 3 is 2.84 bits per heavy atom. The summed E-state index contributed by atoms with van der Waals surface area (Å²) >= 11 is 0. The second kappa shape index (κ2) is 7.00. The van der Waals surface area contributed by atoms with Gasteiger partial charge < -0.3 is 14.7 Å². The Labute approximate surface area is 144 Å². The Morgan fingerprint density at radius 2 is 2.16 bits per heavy atom. The summed E-state index contributed by atoms with van der Waals surface area (Å²) in [7, 11) is 0. The number of likely N-dealkylation sites (tertiary alicyclic amines) is 1. The molecular weight excluding hydrogens is 327 g/mol. The van der Waals surface area contributed by atoms with Gasteiger partial charge in [-0.15, -0.1) is 0 Å². The van der Waals surface area contributed by atoms with E-state index in [2.05, 4.69) is 15.5 Å². The Balaban J connectivity index is 1.66. The molecule has 25 heavy (non-hydrogen) atoms. The predicted molar refractivity (Wildman–Crippen MR) is 87.4 cm³/mol. The van der Waals surface area contributed by atoms with Gasteiger partial charge in [-0.05, 0) is 44.4 Å². The Bertz CT molecular complexity index is 805. The molecule has 2 aromatic rings. The zero-order valence-corrected chi connectivity index (χ0v) is 14.1. The van der Waals surface area contributed by atoms with Crippen LogP contribution in [0.4, 0.5) is 10.1 Å². The van der Waals surface area contributed by atoms with Gasteiger partial charge in [-0.2, -0.15) is 4.98 Å². The maximum Gasteiger partial charge on any atom is 0.313 e. The molecule has 1 fully saturated rings. The predicted octanol–water partition coefficient (Wildman–Crippen LogP) is 2.17. The first-order valence-electron chi connectivity index (χ1n) is 8.10. The molecule has 0 aliphatic carbocycles. The first kappa shape index (κ1) is 17.1. The quantitative estimate of drug-likeness (QED) is 0.842. The van der Waals surface area contributed by atoms with E-state index in [1.165, 1.54) is 17.0 Å². The van der Waals surface area contributed by atoms with Crippen LogP contribution in [0.5, 0.6) is 0 Å². The highest BCUT2D eigenvalue weighted by molar-refractivity contribution is 6.39. The van der Waals surface area contributed by atoms with Crippen molar-refractivity contribution in [2.75, 3.05) is 18.4 Å². The standard InChI is InChI=1S/C17H19FN4O3/c1-10-5-6-14(13(18)8-10)20-15(23)17(24)22-7-3-4-12(9-22)16-19-11(2)21-25-16/h5-6,8,12H,3-4,7,9H2,1-2H3,(H,20,23). The number of amides is 2. The minimum absolute atomic E-state index is 0.00923. The molecule has 1 aliphatic rings. The summed E-state index contributed by atoms with van der Waals surface area (Å²) in [6, 6.07) is 4.41. The molecule has 1 aromatic heterocycles. The number of benzene rings is 1. The third-order valence-electron chi connectivity index (χ3n) is 4.17. The van der Waals surface area contributed by atoms with Crippen molar-refractivity contribution in [3.63, 3.8) is 0 Å². The molecule has 1 aromatic carbocycles. The van der Waals surface area contributed by atoms with Gasteiger partial charge in [0.15, 0.2) is 5.82 Å².